The summed E-state index contributed by atoms with van der Waals surface area (Å²) in [5, 5.41) is 0. The molecule has 0 atom stereocenters. The fourth-order valence-electron chi connectivity index (χ4n) is 2.02. The van der Waals surface area contributed by atoms with Crippen molar-refractivity contribution in [2.45, 2.75) is 6.92 Å². The van der Waals surface area contributed by atoms with Gasteiger partial charge in [-0.05, 0) is 36.8 Å². The minimum Gasteiger partial charge on any atom is -0.398 e. The first-order chi connectivity index (χ1) is 8.65. The minimum absolute atomic E-state index is 0.786. The Hall–Kier alpha value is -1.81. The summed E-state index contributed by atoms with van der Waals surface area (Å²) in [7, 11) is 0. The maximum Gasteiger partial charge on any atom is 0.138 e. The molecule has 0 spiro atoms. The molecule has 90 valence electrons. The van der Waals surface area contributed by atoms with Crippen LogP contribution < -0.4 is 5.73 Å². The Morgan fingerprint density at radius 1 is 1.22 bits per heavy atom. The molecule has 0 saturated heterocycles. The molecule has 0 fully saturated rings. The van der Waals surface area contributed by atoms with Crippen LogP contribution in [0.1, 0.15) is 5.56 Å². The van der Waals surface area contributed by atoms with Crippen molar-refractivity contribution in [2.75, 3.05) is 5.73 Å². The lowest BCUT2D eigenvalue weighted by Gasteiger charge is -2.04. The lowest BCUT2D eigenvalue weighted by Crippen LogP contribution is -1.92. The number of halogens is 1. The first-order valence-electron chi connectivity index (χ1n) is 5.66. The topological polar surface area (TPSA) is 54.7 Å². The summed E-state index contributed by atoms with van der Waals surface area (Å²) in [4.78, 5) is 7.92. The summed E-state index contributed by atoms with van der Waals surface area (Å²) in [6, 6.07) is 11.9. The SMILES string of the molecule is Cc1c(N)cccc1-c1nc2ccc(Br)cc2[nH]1. The van der Waals surface area contributed by atoms with Crippen LogP contribution in [0.25, 0.3) is 22.4 Å². The van der Waals surface area contributed by atoms with Gasteiger partial charge < -0.3 is 10.7 Å². The molecule has 0 aliphatic heterocycles. The molecule has 4 heteroatoms. The average Bonchev–Trinajstić information content (AvgIpc) is 2.75. The van der Waals surface area contributed by atoms with E-state index in [0.29, 0.717) is 0 Å². The number of H-pyrrole nitrogens is 1. The number of anilines is 1. The van der Waals surface area contributed by atoms with Crippen LogP contribution in [0.3, 0.4) is 0 Å². The largest absolute Gasteiger partial charge is 0.398 e. The number of hydrogen-bond donors (Lipinski definition) is 2. The predicted octanol–water partition coefficient (Wildman–Crippen LogP) is 3.88. The zero-order valence-electron chi connectivity index (χ0n) is 9.87. The monoisotopic (exact) mass is 301 g/mol. The number of hydrogen-bond acceptors (Lipinski definition) is 2. The zero-order chi connectivity index (χ0) is 12.7. The molecule has 18 heavy (non-hydrogen) atoms. The van der Waals surface area contributed by atoms with Crippen LogP contribution in [-0.2, 0) is 0 Å². The van der Waals surface area contributed by atoms with Gasteiger partial charge in [0, 0.05) is 15.7 Å². The van der Waals surface area contributed by atoms with Crippen LogP contribution in [-0.4, -0.2) is 9.97 Å². The van der Waals surface area contributed by atoms with Crippen molar-refractivity contribution in [2.24, 2.45) is 0 Å². The maximum absolute atomic E-state index is 5.93. The molecule has 0 aliphatic carbocycles. The van der Waals surface area contributed by atoms with Gasteiger partial charge in [-0.3, -0.25) is 0 Å². The lowest BCUT2D eigenvalue weighted by molar-refractivity contribution is 1.31. The number of nitrogens with one attached hydrogen (secondary N) is 1. The molecule has 0 unspecified atom stereocenters. The van der Waals surface area contributed by atoms with Gasteiger partial charge in [0.25, 0.3) is 0 Å². The van der Waals surface area contributed by atoms with Gasteiger partial charge in [-0.1, -0.05) is 28.1 Å². The Labute approximate surface area is 113 Å². The molecule has 0 saturated carbocycles. The zero-order valence-corrected chi connectivity index (χ0v) is 11.5. The van der Waals surface area contributed by atoms with Crippen molar-refractivity contribution >= 4 is 32.7 Å². The molecule has 0 amide bonds. The second-order valence-corrected chi connectivity index (χ2v) is 5.18. The molecule has 0 aliphatic rings. The average molecular weight is 302 g/mol. The second kappa shape index (κ2) is 4.14. The van der Waals surface area contributed by atoms with E-state index in [1.54, 1.807) is 0 Å². The number of aromatic nitrogens is 2. The van der Waals surface area contributed by atoms with Crippen LogP contribution in [0.4, 0.5) is 5.69 Å². The molecular weight excluding hydrogens is 290 g/mol. The Balaban J connectivity index is 2.22. The fourth-order valence-corrected chi connectivity index (χ4v) is 2.38. The van der Waals surface area contributed by atoms with Crippen LogP contribution in [0.2, 0.25) is 0 Å². The van der Waals surface area contributed by atoms with Crippen molar-refractivity contribution < 1.29 is 0 Å². The number of benzene rings is 2. The van der Waals surface area contributed by atoms with E-state index in [2.05, 4.69) is 25.9 Å². The van der Waals surface area contributed by atoms with E-state index < -0.39 is 0 Å². The third-order valence-electron chi connectivity index (χ3n) is 3.07. The van der Waals surface area contributed by atoms with Crippen molar-refractivity contribution in [1.29, 1.82) is 0 Å². The highest BCUT2D eigenvalue weighted by Crippen LogP contribution is 2.27. The van der Waals surface area contributed by atoms with Gasteiger partial charge in [0.15, 0.2) is 0 Å². The highest BCUT2D eigenvalue weighted by atomic mass is 79.9. The Bertz CT molecular complexity index is 731. The van der Waals surface area contributed by atoms with Gasteiger partial charge in [-0.2, -0.15) is 0 Å². The Morgan fingerprint density at radius 3 is 2.89 bits per heavy atom. The van der Waals surface area contributed by atoms with Gasteiger partial charge >= 0.3 is 0 Å². The molecule has 3 nitrogen and oxygen atoms in total. The molecule has 0 radical (unpaired) electrons. The van der Waals surface area contributed by atoms with E-state index in [1.807, 2.05) is 43.3 Å². The van der Waals surface area contributed by atoms with Crippen LogP contribution in [0, 0.1) is 6.92 Å². The quantitative estimate of drug-likeness (QED) is 0.670. The number of nitrogens with zero attached hydrogens (tertiary/aromatic N) is 1. The number of nitrogen functional groups attached to an aromatic ring is 1. The summed E-state index contributed by atoms with van der Waals surface area (Å²) >= 11 is 3.46. The van der Waals surface area contributed by atoms with Crippen LogP contribution >= 0.6 is 15.9 Å². The molecule has 0 bridgehead atoms. The summed E-state index contributed by atoms with van der Waals surface area (Å²) in [5.74, 6) is 0.855. The van der Waals surface area contributed by atoms with Crippen molar-refractivity contribution in [3.8, 4) is 11.4 Å². The highest BCUT2D eigenvalue weighted by Gasteiger charge is 2.09. The number of imidazole rings is 1. The standard InChI is InChI=1S/C14H12BrN3/c1-8-10(3-2-4-11(8)16)14-17-12-6-5-9(15)7-13(12)18-14/h2-7H,16H2,1H3,(H,17,18). The smallest absolute Gasteiger partial charge is 0.138 e. The van der Waals surface area contributed by atoms with Crippen LogP contribution in [0.15, 0.2) is 40.9 Å². The van der Waals surface area contributed by atoms with Crippen molar-refractivity contribution in [3.63, 3.8) is 0 Å². The van der Waals surface area contributed by atoms with Gasteiger partial charge in [-0.25, -0.2) is 4.98 Å². The molecule has 1 heterocycles. The van der Waals surface area contributed by atoms with Crippen molar-refractivity contribution in [3.05, 3.63) is 46.4 Å². The Kier molecular flexibility index (Phi) is 2.59. The van der Waals surface area contributed by atoms with E-state index in [1.165, 1.54) is 0 Å². The molecular formula is C14H12BrN3. The molecule has 3 N–H and O–H groups in total. The number of rotatable bonds is 1. The van der Waals surface area contributed by atoms with E-state index in [9.17, 15) is 0 Å². The van der Waals surface area contributed by atoms with E-state index >= 15 is 0 Å². The number of aromatic amines is 1. The fraction of sp³-hybridized carbons (Fsp3) is 0.0714. The summed E-state index contributed by atoms with van der Waals surface area (Å²) in [6.07, 6.45) is 0. The first-order valence-corrected chi connectivity index (χ1v) is 6.45. The normalized spacial score (nSPS) is 11.0. The molecule has 3 rings (SSSR count). The second-order valence-electron chi connectivity index (χ2n) is 4.27. The lowest BCUT2D eigenvalue weighted by atomic mass is 10.1. The van der Waals surface area contributed by atoms with Gasteiger partial charge in [0.2, 0.25) is 0 Å². The first kappa shape index (κ1) is 11.3. The summed E-state index contributed by atoms with van der Waals surface area (Å²) in [6.45, 7) is 2.01. The van der Waals surface area contributed by atoms with E-state index in [-0.39, 0.29) is 0 Å². The third kappa shape index (κ3) is 1.78. The van der Waals surface area contributed by atoms with Gasteiger partial charge in [-0.15, -0.1) is 0 Å². The Morgan fingerprint density at radius 2 is 2.06 bits per heavy atom. The van der Waals surface area contributed by atoms with Gasteiger partial charge in [0.05, 0.1) is 11.0 Å². The number of fused-ring (bicyclic) bond motifs is 1. The molecule has 2 aromatic carbocycles. The third-order valence-corrected chi connectivity index (χ3v) is 3.57. The summed E-state index contributed by atoms with van der Waals surface area (Å²) < 4.78 is 1.04. The molecule has 3 aromatic rings. The molecule has 1 aromatic heterocycles. The predicted molar refractivity (Wildman–Crippen MR) is 78.4 cm³/mol. The maximum atomic E-state index is 5.93. The van der Waals surface area contributed by atoms with E-state index in [4.69, 9.17) is 5.73 Å². The van der Waals surface area contributed by atoms with E-state index in [0.717, 1.165) is 38.1 Å². The number of nitrogens with two attached hydrogens (primary N) is 1. The summed E-state index contributed by atoms with van der Waals surface area (Å²) in [5.41, 5.74) is 10.8. The highest BCUT2D eigenvalue weighted by molar-refractivity contribution is 9.10. The van der Waals surface area contributed by atoms with Gasteiger partial charge in [0.1, 0.15) is 5.82 Å². The van der Waals surface area contributed by atoms with Crippen LogP contribution in [0.5, 0.6) is 0 Å². The minimum atomic E-state index is 0.786. The van der Waals surface area contributed by atoms with Crippen molar-refractivity contribution in [1.82, 2.24) is 9.97 Å².